The lowest BCUT2D eigenvalue weighted by molar-refractivity contribution is -0.296. The first-order chi connectivity index (χ1) is 14.5. The largest absolute Gasteiger partial charge is 0.483 e. The van der Waals surface area contributed by atoms with Gasteiger partial charge >= 0.3 is 0 Å². The highest BCUT2D eigenvalue weighted by Crippen LogP contribution is 2.67. The number of hydrogen-bond donors (Lipinski definition) is 2. The van der Waals surface area contributed by atoms with Gasteiger partial charge in [0.15, 0.2) is 6.10 Å². The molecule has 2 bridgehead atoms. The number of fused-ring (bicyclic) bond motifs is 1. The average Bonchev–Trinajstić information content (AvgIpc) is 3.28. The second-order valence-corrected chi connectivity index (χ2v) is 10.2. The molecule has 2 saturated carbocycles. The third-order valence-electron chi connectivity index (χ3n) is 8.83. The number of amides is 1. The van der Waals surface area contributed by atoms with Crippen molar-refractivity contribution >= 4 is 5.91 Å². The van der Waals surface area contributed by atoms with Gasteiger partial charge in [0.25, 0.3) is 5.91 Å². The molecular formula is C23H28N2O5. The Labute approximate surface area is 175 Å². The van der Waals surface area contributed by atoms with Crippen LogP contribution in [0.15, 0.2) is 12.1 Å². The second kappa shape index (κ2) is 5.57. The summed E-state index contributed by atoms with van der Waals surface area (Å²) in [5.74, 6) is -0.0402. The average molecular weight is 412 g/mol. The smallest absolute Gasteiger partial charge is 0.252 e. The number of likely N-dealkylation sites (tertiary alicyclic amines) is 1. The van der Waals surface area contributed by atoms with Crippen LogP contribution in [0.4, 0.5) is 0 Å². The van der Waals surface area contributed by atoms with Crippen LogP contribution >= 0.6 is 0 Å². The van der Waals surface area contributed by atoms with E-state index in [4.69, 9.17) is 19.9 Å². The lowest BCUT2D eigenvalue weighted by Gasteiger charge is -2.65. The minimum absolute atomic E-state index is 0.0505. The van der Waals surface area contributed by atoms with E-state index in [9.17, 15) is 9.90 Å². The van der Waals surface area contributed by atoms with E-state index in [-0.39, 0.29) is 6.04 Å². The van der Waals surface area contributed by atoms with E-state index in [2.05, 4.69) is 4.90 Å². The molecule has 0 radical (unpaired) electrons. The maximum absolute atomic E-state index is 12.4. The molecule has 3 N–H and O–H groups in total. The van der Waals surface area contributed by atoms with Crippen molar-refractivity contribution in [3.63, 3.8) is 0 Å². The molecule has 4 fully saturated rings. The Morgan fingerprint density at radius 2 is 2.00 bits per heavy atom. The van der Waals surface area contributed by atoms with Crippen molar-refractivity contribution in [2.24, 2.45) is 11.7 Å². The molecule has 7 nitrogen and oxygen atoms in total. The van der Waals surface area contributed by atoms with Crippen LogP contribution < -0.4 is 10.5 Å². The molecule has 4 atom stereocenters. The van der Waals surface area contributed by atoms with Gasteiger partial charge in [0.05, 0.1) is 29.8 Å². The zero-order chi connectivity index (χ0) is 20.3. The Morgan fingerprint density at radius 1 is 1.20 bits per heavy atom. The normalized spacial score (nSPS) is 40.3. The van der Waals surface area contributed by atoms with Crippen LogP contribution in [0.5, 0.6) is 5.75 Å². The fourth-order valence-corrected chi connectivity index (χ4v) is 7.41. The van der Waals surface area contributed by atoms with Crippen LogP contribution in [0, 0.1) is 5.92 Å². The number of nitrogens with two attached hydrogens (primary N) is 1. The lowest BCUT2D eigenvalue weighted by Crippen LogP contribution is -2.79. The van der Waals surface area contributed by atoms with Gasteiger partial charge in [-0.2, -0.15) is 0 Å². The van der Waals surface area contributed by atoms with Gasteiger partial charge in [0, 0.05) is 24.6 Å². The van der Waals surface area contributed by atoms with Crippen molar-refractivity contribution < 1.29 is 24.1 Å². The summed E-state index contributed by atoms with van der Waals surface area (Å²) in [5, 5.41) is 12.4. The predicted molar refractivity (Wildman–Crippen MR) is 106 cm³/mol. The molecule has 1 aromatic rings. The van der Waals surface area contributed by atoms with Gasteiger partial charge in [-0.25, -0.2) is 0 Å². The van der Waals surface area contributed by atoms with Crippen LogP contribution in [-0.4, -0.2) is 65.8 Å². The fraction of sp³-hybridized carbons (Fsp3) is 0.696. The second-order valence-electron chi connectivity index (χ2n) is 10.2. The van der Waals surface area contributed by atoms with Gasteiger partial charge in [-0.05, 0) is 56.2 Å². The quantitative estimate of drug-likeness (QED) is 0.772. The van der Waals surface area contributed by atoms with E-state index in [1.807, 2.05) is 6.07 Å². The predicted octanol–water partition coefficient (Wildman–Crippen LogP) is 1.09. The number of piperidine rings is 1. The van der Waals surface area contributed by atoms with Gasteiger partial charge in [0.1, 0.15) is 5.75 Å². The topological polar surface area (TPSA) is 94.3 Å². The first-order valence-electron chi connectivity index (χ1n) is 11.4. The maximum atomic E-state index is 12.4. The molecule has 2 spiro atoms. The van der Waals surface area contributed by atoms with E-state index in [0.29, 0.717) is 37.4 Å². The molecule has 1 aromatic carbocycles. The summed E-state index contributed by atoms with van der Waals surface area (Å²) in [6.45, 7) is 3.03. The number of benzene rings is 1. The van der Waals surface area contributed by atoms with Crippen LogP contribution in [0.2, 0.25) is 0 Å². The van der Waals surface area contributed by atoms with Crippen LogP contribution in [-0.2, 0) is 21.3 Å². The molecule has 3 unspecified atom stereocenters. The van der Waals surface area contributed by atoms with Crippen molar-refractivity contribution in [3.8, 4) is 5.75 Å². The molecule has 3 heterocycles. The number of aliphatic hydroxyl groups is 1. The van der Waals surface area contributed by atoms with Crippen LogP contribution in [0.25, 0.3) is 0 Å². The number of nitrogens with zero attached hydrogens (tertiary/aromatic N) is 1. The number of carbonyl (C=O) groups excluding carboxylic acids is 1. The molecule has 0 aromatic heterocycles. The summed E-state index contributed by atoms with van der Waals surface area (Å²) < 4.78 is 18.9. The maximum Gasteiger partial charge on any atom is 0.252 e. The van der Waals surface area contributed by atoms with E-state index in [0.717, 1.165) is 37.4 Å². The summed E-state index contributed by atoms with van der Waals surface area (Å²) in [4.78, 5) is 14.8. The Hall–Kier alpha value is -1.67. The van der Waals surface area contributed by atoms with E-state index in [1.54, 1.807) is 6.07 Å². The minimum atomic E-state index is -0.931. The Morgan fingerprint density at radius 3 is 2.73 bits per heavy atom. The lowest BCUT2D eigenvalue weighted by atomic mass is 9.48. The summed E-state index contributed by atoms with van der Waals surface area (Å²) in [5.41, 5.74) is 6.71. The third kappa shape index (κ3) is 1.94. The van der Waals surface area contributed by atoms with Crippen molar-refractivity contribution in [2.45, 2.75) is 67.5 Å². The number of primary amides is 1. The Kier molecular flexibility index (Phi) is 3.33. The van der Waals surface area contributed by atoms with E-state index < -0.39 is 28.8 Å². The molecule has 7 rings (SSSR count). The highest BCUT2D eigenvalue weighted by molar-refractivity contribution is 5.97. The van der Waals surface area contributed by atoms with Crippen LogP contribution in [0.1, 0.15) is 53.6 Å². The third-order valence-corrected chi connectivity index (χ3v) is 8.83. The SMILES string of the molecule is NC(=O)c1ccc2c3c1OC1C4(CCC5(O)C(C2)N(CC2CC2)CC[C@]315)OCCO4. The highest BCUT2D eigenvalue weighted by Gasteiger charge is 2.77. The molecular weight excluding hydrogens is 384 g/mol. The van der Waals surface area contributed by atoms with Crippen molar-refractivity contribution in [2.75, 3.05) is 26.3 Å². The molecule has 3 aliphatic carbocycles. The Balaban J connectivity index is 1.46. The van der Waals surface area contributed by atoms with Gasteiger partial charge in [0.2, 0.25) is 5.79 Å². The monoisotopic (exact) mass is 412 g/mol. The highest BCUT2D eigenvalue weighted by atomic mass is 16.8. The van der Waals surface area contributed by atoms with Gasteiger partial charge < -0.3 is 25.1 Å². The molecule has 30 heavy (non-hydrogen) atoms. The van der Waals surface area contributed by atoms with Gasteiger partial charge in [-0.15, -0.1) is 0 Å². The van der Waals surface area contributed by atoms with E-state index in [1.165, 1.54) is 18.4 Å². The molecule has 2 saturated heterocycles. The summed E-state index contributed by atoms with van der Waals surface area (Å²) in [6, 6.07) is 3.87. The summed E-state index contributed by atoms with van der Waals surface area (Å²) >= 11 is 0. The summed E-state index contributed by atoms with van der Waals surface area (Å²) in [7, 11) is 0. The number of carbonyl (C=O) groups is 1. The first kappa shape index (κ1) is 18.0. The van der Waals surface area contributed by atoms with Crippen molar-refractivity contribution in [1.82, 2.24) is 4.90 Å². The molecule has 7 heteroatoms. The van der Waals surface area contributed by atoms with Crippen molar-refractivity contribution in [3.05, 3.63) is 28.8 Å². The fourth-order valence-electron chi connectivity index (χ4n) is 7.41. The van der Waals surface area contributed by atoms with Crippen molar-refractivity contribution in [1.29, 1.82) is 0 Å². The van der Waals surface area contributed by atoms with E-state index >= 15 is 0 Å². The summed E-state index contributed by atoms with van der Waals surface area (Å²) in [6.07, 6.45) is 4.88. The Bertz CT molecular complexity index is 955. The first-order valence-corrected chi connectivity index (χ1v) is 11.4. The van der Waals surface area contributed by atoms with Crippen LogP contribution in [0.3, 0.4) is 0 Å². The molecule has 160 valence electrons. The minimum Gasteiger partial charge on any atom is -0.483 e. The van der Waals surface area contributed by atoms with Gasteiger partial charge in [-0.3, -0.25) is 9.69 Å². The number of hydrogen-bond acceptors (Lipinski definition) is 6. The number of ether oxygens (including phenoxy) is 3. The standard InChI is InChI=1S/C23H28N2O5/c24-19(26)15-4-3-14-11-16-22(27)5-6-23(28-9-10-29-23)20-21(22,17(14)18(15)30-20)7-8-25(16)12-13-1-2-13/h3-4,13,16,20,27H,1-2,5-12H2,(H2,24,26)/t16?,20?,21-,22?/m0/s1. The molecule has 6 aliphatic rings. The zero-order valence-corrected chi connectivity index (χ0v) is 17.1. The zero-order valence-electron chi connectivity index (χ0n) is 17.1. The number of rotatable bonds is 3. The van der Waals surface area contributed by atoms with Gasteiger partial charge in [-0.1, -0.05) is 6.07 Å². The molecule has 1 amide bonds. The molecule has 3 aliphatic heterocycles.